The van der Waals surface area contributed by atoms with Crippen LogP contribution in [0.3, 0.4) is 0 Å². The van der Waals surface area contributed by atoms with Crippen LogP contribution >= 0.6 is 0 Å². The van der Waals surface area contributed by atoms with Gasteiger partial charge in [0.05, 0.1) is 17.7 Å². The number of aromatic carboxylic acids is 1. The molecule has 0 unspecified atom stereocenters. The molecule has 0 fully saturated rings. The maximum Gasteiger partial charge on any atom is 0.335 e. The van der Waals surface area contributed by atoms with Crippen LogP contribution in [0.2, 0.25) is 0 Å². The Morgan fingerprint density at radius 2 is 1.72 bits per heavy atom. The third kappa shape index (κ3) is 5.78. The summed E-state index contributed by atoms with van der Waals surface area (Å²) in [5, 5.41) is 13.0. The van der Waals surface area contributed by atoms with Gasteiger partial charge in [-0.2, -0.15) is 0 Å². The Labute approximate surface area is 207 Å². The van der Waals surface area contributed by atoms with Gasteiger partial charge < -0.3 is 19.1 Å². The van der Waals surface area contributed by atoms with E-state index < -0.39 is 23.9 Å². The highest BCUT2D eigenvalue weighted by molar-refractivity contribution is 5.87. The smallest absolute Gasteiger partial charge is 0.335 e. The first kappa shape index (κ1) is 24.7. The summed E-state index contributed by atoms with van der Waals surface area (Å²) in [4.78, 5) is 23.6. The predicted molar refractivity (Wildman–Crippen MR) is 129 cm³/mol. The van der Waals surface area contributed by atoms with E-state index in [1.54, 1.807) is 68.4 Å². The molecule has 1 atom stereocenters. The van der Waals surface area contributed by atoms with Gasteiger partial charge in [-0.05, 0) is 61.9 Å². The number of hydrogen-bond acceptors (Lipinski definition) is 6. The number of benzene rings is 3. The summed E-state index contributed by atoms with van der Waals surface area (Å²) in [6.45, 7) is 3.64. The zero-order valence-electron chi connectivity index (χ0n) is 19.7. The van der Waals surface area contributed by atoms with E-state index in [9.17, 15) is 14.0 Å². The number of carbonyl (C=O) groups is 2. The van der Waals surface area contributed by atoms with Crippen molar-refractivity contribution in [2.45, 2.75) is 33.0 Å². The fraction of sp³-hybridized carbons (Fsp3) is 0.179. The Morgan fingerprint density at radius 3 is 2.39 bits per heavy atom. The first-order chi connectivity index (χ1) is 17.3. The fourth-order valence-electron chi connectivity index (χ4n) is 3.69. The number of carbonyl (C=O) groups excluding carboxylic acids is 1. The first-order valence-corrected chi connectivity index (χ1v) is 11.3. The lowest BCUT2D eigenvalue weighted by Gasteiger charge is -2.14. The Bertz CT molecular complexity index is 1360. The lowest BCUT2D eigenvalue weighted by Crippen LogP contribution is -2.13. The Hall–Kier alpha value is -4.46. The standard InChI is InChI=1S/C28H24FNO6/c1-17-24(15-26(31)35-18(2)23-5-3-4-6-25(23)29)27(36-30-17)20-11-13-22(14-12-20)34-16-19-7-9-21(10-8-19)28(32)33/h3-14,18H,15-16H2,1-2H3,(H,32,33)/t18-/m1/s1. The zero-order chi connectivity index (χ0) is 25.7. The number of ether oxygens (including phenoxy) is 2. The van der Waals surface area contributed by atoms with Crippen molar-refractivity contribution in [3.05, 3.63) is 107 Å². The molecule has 4 aromatic rings. The van der Waals surface area contributed by atoms with Crippen LogP contribution in [0.25, 0.3) is 11.3 Å². The topological polar surface area (TPSA) is 98.9 Å². The van der Waals surface area contributed by atoms with E-state index in [0.29, 0.717) is 33.9 Å². The molecule has 0 aliphatic carbocycles. The SMILES string of the molecule is Cc1noc(-c2ccc(OCc3ccc(C(=O)O)cc3)cc2)c1CC(=O)O[C@H](C)c1ccccc1F. The molecule has 0 amide bonds. The summed E-state index contributed by atoms with van der Waals surface area (Å²) in [5.74, 6) is -0.880. The second-order valence-corrected chi connectivity index (χ2v) is 8.22. The number of esters is 1. The summed E-state index contributed by atoms with van der Waals surface area (Å²) in [7, 11) is 0. The molecule has 36 heavy (non-hydrogen) atoms. The van der Waals surface area contributed by atoms with Crippen molar-refractivity contribution < 1.29 is 33.1 Å². The van der Waals surface area contributed by atoms with Crippen LogP contribution in [0.4, 0.5) is 4.39 Å². The van der Waals surface area contributed by atoms with E-state index in [2.05, 4.69) is 5.16 Å². The van der Waals surface area contributed by atoms with Crippen molar-refractivity contribution in [3.63, 3.8) is 0 Å². The van der Waals surface area contributed by atoms with Crippen LogP contribution in [-0.2, 0) is 22.6 Å². The molecule has 0 aliphatic rings. The predicted octanol–water partition coefficient (Wildman–Crippen LogP) is 5.91. The molecule has 0 spiro atoms. The number of aryl methyl sites for hydroxylation is 1. The highest BCUT2D eigenvalue weighted by Gasteiger charge is 2.21. The molecule has 1 aromatic heterocycles. The third-order valence-electron chi connectivity index (χ3n) is 5.68. The Kier molecular flexibility index (Phi) is 7.44. The van der Waals surface area contributed by atoms with Gasteiger partial charge in [-0.25, -0.2) is 9.18 Å². The molecule has 0 bridgehead atoms. The molecule has 1 heterocycles. The lowest BCUT2D eigenvalue weighted by atomic mass is 10.0. The van der Waals surface area contributed by atoms with Crippen LogP contribution in [0.5, 0.6) is 5.75 Å². The molecule has 0 radical (unpaired) electrons. The van der Waals surface area contributed by atoms with E-state index in [4.69, 9.17) is 19.1 Å². The molecule has 4 rings (SSSR count). The van der Waals surface area contributed by atoms with Gasteiger partial charge in [0, 0.05) is 16.7 Å². The number of hydrogen-bond donors (Lipinski definition) is 1. The monoisotopic (exact) mass is 489 g/mol. The van der Waals surface area contributed by atoms with Gasteiger partial charge in [0.2, 0.25) is 0 Å². The van der Waals surface area contributed by atoms with E-state index in [1.165, 1.54) is 18.2 Å². The molecule has 0 aliphatic heterocycles. The number of halogens is 1. The minimum atomic E-state index is -0.979. The largest absolute Gasteiger partial charge is 0.489 e. The molecule has 1 N–H and O–H groups in total. The second-order valence-electron chi connectivity index (χ2n) is 8.22. The molecule has 184 valence electrons. The normalized spacial score (nSPS) is 11.6. The van der Waals surface area contributed by atoms with Crippen LogP contribution < -0.4 is 4.74 Å². The van der Waals surface area contributed by atoms with Gasteiger partial charge in [-0.3, -0.25) is 4.79 Å². The van der Waals surface area contributed by atoms with Gasteiger partial charge >= 0.3 is 11.9 Å². The van der Waals surface area contributed by atoms with E-state index in [1.807, 2.05) is 0 Å². The lowest BCUT2D eigenvalue weighted by molar-refractivity contribution is -0.147. The average molecular weight is 489 g/mol. The molecular weight excluding hydrogens is 465 g/mol. The van der Waals surface area contributed by atoms with Gasteiger partial charge in [0.25, 0.3) is 0 Å². The summed E-state index contributed by atoms with van der Waals surface area (Å²) >= 11 is 0. The second kappa shape index (κ2) is 10.9. The van der Waals surface area contributed by atoms with Crippen molar-refractivity contribution in [3.8, 4) is 17.1 Å². The van der Waals surface area contributed by atoms with E-state index in [0.717, 1.165) is 5.56 Å². The number of nitrogens with zero attached hydrogens (tertiary/aromatic N) is 1. The van der Waals surface area contributed by atoms with Gasteiger partial charge in [0.15, 0.2) is 5.76 Å². The van der Waals surface area contributed by atoms with E-state index >= 15 is 0 Å². The highest BCUT2D eigenvalue weighted by Crippen LogP contribution is 2.29. The van der Waals surface area contributed by atoms with Crippen molar-refractivity contribution in [1.82, 2.24) is 5.16 Å². The maximum absolute atomic E-state index is 14.0. The number of aromatic nitrogens is 1. The van der Waals surface area contributed by atoms with Crippen molar-refractivity contribution >= 4 is 11.9 Å². The van der Waals surface area contributed by atoms with Crippen molar-refractivity contribution in [2.75, 3.05) is 0 Å². The number of carboxylic acid groups (broad SMARTS) is 1. The molecule has 3 aromatic carbocycles. The minimum Gasteiger partial charge on any atom is -0.489 e. The summed E-state index contributed by atoms with van der Waals surface area (Å²) in [6.07, 6.45) is -0.812. The highest BCUT2D eigenvalue weighted by atomic mass is 19.1. The summed E-state index contributed by atoms with van der Waals surface area (Å²) < 4.78 is 30.7. The maximum atomic E-state index is 14.0. The molecule has 7 nitrogen and oxygen atoms in total. The van der Waals surface area contributed by atoms with Crippen molar-refractivity contribution in [1.29, 1.82) is 0 Å². The van der Waals surface area contributed by atoms with E-state index in [-0.39, 0.29) is 18.6 Å². The molecular formula is C28H24FNO6. The molecule has 8 heteroatoms. The van der Waals surface area contributed by atoms with Crippen LogP contribution in [0.1, 0.15) is 45.8 Å². The average Bonchev–Trinajstić information content (AvgIpc) is 3.23. The van der Waals surface area contributed by atoms with Gasteiger partial charge in [0.1, 0.15) is 24.3 Å². The van der Waals surface area contributed by atoms with Crippen LogP contribution in [0, 0.1) is 12.7 Å². The first-order valence-electron chi connectivity index (χ1n) is 11.3. The molecule has 0 saturated heterocycles. The third-order valence-corrected chi connectivity index (χ3v) is 5.68. The van der Waals surface area contributed by atoms with Crippen LogP contribution in [0.15, 0.2) is 77.3 Å². The number of carboxylic acids is 1. The van der Waals surface area contributed by atoms with Crippen molar-refractivity contribution in [2.24, 2.45) is 0 Å². The number of rotatable bonds is 9. The molecule has 0 saturated carbocycles. The van der Waals surface area contributed by atoms with Gasteiger partial charge in [-0.1, -0.05) is 35.5 Å². The van der Waals surface area contributed by atoms with Gasteiger partial charge in [-0.15, -0.1) is 0 Å². The summed E-state index contributed by atoms with van der Waals surface area (Å²) in [5.41, 5.74) is 3.21. The Morgan fingerprint density at radius 1 is 1.03 bits per heavy atom. The van der Waals surface area contributed by atoms with Crippen LogP contribution in [-0.4, -0.2) is 22.2 Å². The zero-order valence-corrected chi connectivity index (χ0v) is 19.7. The Balaban J connectivity index is 1.40. The fourth-order valence-corrected chi connectivity index (χ4v) is 3.69. The summed E-state index contributed by atoms with van der Waals surface area (Å²) in [6, 6.07) is 19.7. The quantitative estimate of drug-likeness (QED) is 0.292. The minimum absolute atomic E-state index is 0.0753.